The summed E-state index contributed by atoms with van der Waals surface area (Å²) in [5.74, 6) is -1.76. The summed E-state index contributed by atoms with van der Waals surface area (Å²) in [7, 11) is 1.23. The number of aromatic hydroxyl groups is 1. The summed E-state index contributed by atoms with van der Waals surface area (Å²) < 4.78 is 4.72. The minimum atomic E-state index is -1.25. The molecule has 0 aromatic heterocycles. The number of aromatic carboxylic acids is 1. The molecule has 0 fully saturated rings. The number of hydrogen-bond donors (Lipinski definition) is 2. The summed E-state index contributed by atoms with van der Waals surface area (Å²) in [5, 5.41) is 28.6. The number of carbonyl (C=O) groups is 1. The lowest BCUT2D eigenvalue weighted by molar-refractivity contribution is -0.496. The summed E-state index contributed by atoms with van der Waals surface area (Å²) in [5.41, 5.74) is -0.270. The van der Waals surface area contributed by atoms with Gasteiger partial charge in [0.05, 0.1) is 18.2 Å². The van der Waals surface area contributed by atoms with Gasteiger partial charge in [-0.3, -0.25) is 10.1 Å². The van der Waals surface area contributed by atoms with Gasteiger partial charge in [-0.1, -0.05) is 0 Å². The Hall–Kier alpha value is -2.31. The molecule has 0 heterocycles. The predicted molar refractivity (Wildman–Crippen MR) is 52.3 cm³/mol. The molecule has 0 amide bonds. The number of phenolic OH excluding ortho intramolecular Hbond substituents is 1. The Morgan fingerprint density at radius 3 is 2.62 bits per heavy atom. The highest BCUT2D eigenvalue weighted by Gasteiger charge is 2.17. The lowest BCUT2D eigenvalue weighted by Crippen LogP contribution is -2.04. The average Bonchev–Trinajstić information content (AvgIpc) is 2.20. The summed E-state index contributed by atoms with van der Waals surface area (Å²) in [4.78, 5) is 20.4. The van der Waals surface area contributed by atoms with E-state index in [9.17, 15) is 20.0 Å². The molecule has 0 saturated carbocycles. The highest BCUT2D eigenvalue weighted by atomic mass is 16.6. The Morgan fingerprint density at radius 1 is 1.56 bits per heavy atom. The Morgan fingerprint density at radius 2 is 2.19 bits per heavy atom. The van der Waals surface area contributed by atoms with Gasteiger partial charge >= 0.3 is 5.97 Å². The maximum Gasteiger partial charge on any atom is 0.335 e. The van der Waals surface area contributed by atoms with Gasteiger partial charge in [-0.05, 0) is 12.1 Å². The van der Waals surface area contributed by atoms with Crippen LogP contribution < -0.4 is 4.74 Å². The molecule has 7 heteroatoms. The summed E-state index contributed by atoms with van der Waals surface area (Å²) in [6, 6.07) is 2.14. The van der Waals surface area contributed by atoms with Gasteiger partial charge in [0.25, 0.3) is 0 Å². The number of rotatable bonds is 4. The van der Waals surface area contributed by atoms with Crippen molar-refractivity contribution < 1.29 is 24.7 Å². The Kier molecular flexibility index (Phi) is 3.29. The Labute approximate surface area is 90.0 Å². The minimum Gasteiger partial charge on any atom is -0.504 e. The van der Waals surface area contributed by atoms with Gasteiger partial charge in [-0.2, -0.15) is 0 Å². The molecule has 0 aliphatic heterocycles. The lowest BCUT2D eigenvalue weighted by Gasteiger charge is -2.07. The van der Waals surface area contributed by atoms with Crippen LogP contribution in [0, 0.1) is 10.1 Å². The second kappa shape index (κ2) is 4.47. The third-order valence-electron chi connectivity index (χ3n) is 1.92. The highest BCUT2D eigenvalue weighted by Crippen LogP contribution is 2.31. The second-order valence-electron chi connectivity index (χ2n) is 2.98. The van der Waals surface area contributed by atoms with Gasteiger partial charge in [0.1, 0.15) is 0 Å². The van der Waals surface area contributed by atoms with Crippen molar-refractivity contribution >= 4 is 5.97 Å². The molecule has 0 atom stereocenters. The van der Waals surface area contributed by atoms with Crippen molar-refractivity contribution in [1.29, 1.82) is 0 Å². The zero-order chi connectivity index (χ0) is 12.3. The number of nitro groups is 1. The number of hydrogen-bond acceptors (Lipinski definition) is 5. The number of carboxylic acid groups (broad SMARTS) is 1. The molecule has 1 aromatic rings. The van der Waals surface area contributed by atoms with Crippen molar-refractivity contribution in [2.24, 2.45) is 0 Å². The number of nitrogens with zero attached hydrogens (tertiary/aromatic N) is 1. The van der Waals surface area contributed by atoms with Crippen LogP contribution in [0.15, 0.2) is 12.1 Å². The molecule has 0 spiro atoms. The normalized spacial score (nSPS) is 9.81. The van der Waals surface area contributed by atoms with Gasteiger partial charge < -0.3 is 14.9 Å². The first-order valence-corrected chi connectivity index (χ1v) is 4.20. The molecule has 0 aliphatic carbocycles. The van der Waals surface area contributed by atoms with Crippen molar-refractivity contribution in [1.82, 2.24) is 0 Å². The Balaban J connectivity index is 3.29. The lowest BCUT2D eigenvalue weighted by atomic mass is 10.1. The maximum atomic E-state index is 10.7. The topological polar surface area (TPSA) is 110 Å². The molecule has 0 aliphatic rings. The standard InChI is InChI=1S/C9H9NO6/c1-16-7-3-5(9(12)13)2-6(8(7)11)4-10(14)15/h2-3,11H,4H2,1H3,(H,12,13). The van der Waals surface area contributed by atoms with Crippen LogP contribution in [-0.2, 0) is 6.54 Å². The highest BCUT2D eigenvalue weighted by molar-refractivity contribution is 5.89. The molecule has 2 N–H and O–H groups in total. The molecule has 7 nitrogen and oxygen atoms in total. The fourth-order valence-corrected chi connectivity index (χ4v) is 1.20. The van der Waals surface area contributed by atoms with Crippen LogP contribution in [0.3, 0.4) is 0 Å². The van der Waals surface area contributed by atoms with Crippen LogP contribution in [0.5, 0.6) is 11.5 Å². The first-order valence-electron chi connectivity index (χ1n) is 4.20. The molecule has 0 bridgehead atoms. The molecule has 0 radical (unpaired) electrons. The Bertz CT molecular complexity index is 442. The van der Waals surface area contributed by atoms with E-state index < -0.39 is 23.2 Å². The molecular formula is C9H9NO6. The van der Waals surface area contributed by atoms with Crippen LogP contribution in [0.1, 0.15) is 15.9 Å². The van der Waals surface area contributed by atoms with Crippen molar-refractivity contribution in [3.63, 3.8) is 0 Å². The number of ether oxygens (including phenoxy) is 1. The monoisotopic (exact) mass is 227 g/mol. The van der Waals surface area contributed by atoms with E-state index in [2.05, 4.69) is 0 Å². The maximum absolute atomic E-state index is 10.7. The second-order valence-corrected chi connectivity index (χ2v) is 2.98. The number of benzene rings is 1. The number of carboxylic acids is 1. The van der Waals surface area contributed by atoms with E-state index in [1.807, 2.05) is 0 Å². The number of methoxy groups -OCH3 is 1. The summed E-state index contributed by atoms with van der Waals surface area (Å²) in [6.07, 6.45) is 0. The predicted octanol–water partition coefficient (Wildman–Crippen LogP) is 0.876. The van der Waals surface area contributed by atoms with Gasteiger partial charge in [-0.15, -0.1) is 0 Å². The molecular weight excluding hydrogens is 218 g/mol. The van der Waals surface area contributed by atoms with Gasteiger partial charge in [0.2, 0.25) is 6.54 Å². The van der Waals surface area contributed by atoms with Crippen LogP contribution in [0.4, 0.5) is 0 Å². The van der Waals surface area contributed by atoms with E-state index in [4.69, 9.17) is 9.84 Å². The quantitative estimate of drug-likeness (QED) is 0.583. The van der Waals surface area contributed by atoms with E-state index in [1.165, 1.54) is 7.11 Å². The van der Waals surface area contributed by atoms with Gasteiger partial charge in [0, 0.05) is 4.92 Å². The van der Waals surface area contributed by atoms with Crippen molar-refractivity contribution in [2.75, 3.05) is 7.11 Å². The van der Waals surface area contributed by atoms with E-state index in [0.717, 1.165) is 12.1 Å². The molecule has 1 aromatic carbocycles. The minimum absolute atomic E-state index is 0.0956. The molecule has 0 saturated heterocycles. The van der Waals surface area contributed by atoms with Crippen molar-refractivity contribution in [3.05, 3.63) is 33.4 Å². The van der Waals surface area contributed by atoms with Crippen molar-refractivity contribution in [3.8, 4) is 11.5 Å². The average molecular weight is 227 g/mol. The third-order valence-corrected chi connectivity index (χ3v) is 1.92. The zero-order valence-electron chi connectivity index (χ0n) is 8.34. The SMILES string of the molecule is COc1cc(C(=O)O)cc(C[N+](=O)[O-])c1O. The van der Waals surface area contributed by atoms with Crippen LogP contribution >= 0.6 is 0 Å². The molecule has 0 unspecified atom stereocenters. The number of phenols is 1. The van der Waals surface area contributed by atoms with E-state index in [0.29, 0.717) is 0 Å². The largest absolute Gasteiger partial charge is 0.504 e. The van der Waals surface area contributed by atoms with Gasteiger partial charge in [0.15, 0.2) is 11.5 Å². The van der Waals surface area contributed by atoms with Gasteiger partial charge in [-0.25, -0.2) is 4.79 Å². The smallest absolute Gasteiger partial charge is 0.335 e. The van der Waals surface area contributed by atoms with E-state index in [1.54, 1.807) is 0 Å². The molecule has 86 valence electrons. The van der Waals surface area contributed by atoms with Crippen LogP contribution in [0.2, 0.25) is 0 Å². The van der Waals surface area contributed by atoms with Crippen molar-refractivity contribution in [2.45, 2.75) is 6.54 Å². The van der Waals surface area contributed by atoms with Crippen LogP contribution in [-0.4, -0.2) is 28.2 Å². The summed E-state index contributed by atoms with van der Waals surface area (Å²) in [6.45, 7) is -0.663. The van der Waals surface area contributed by atoms with Crippen LogP contribution in [0.25, 0.3) is 0 Å². The zero-order valence-corrected chi connectivity index (χ0v) is 8.34. The fourth-order valence-electron chi connectivity index (χ4n) is 1.20. The van der Waals surface area contributed by atoms with E-state index >= 15 is 0 Å². The first kappa shape index (κ1) is 11.8. The van der Waals surface area contributed by atoms with E-state index in [-0.39, 0.29) is 16.9 Å². The first-order chi connectivity index (χ1) is 7.45. The third kappa shape index (κ3) is 2.38. The molecule has 1 rings (SSSR count). The molecule has 16 heavy (non-hydrogen) atoms. The fraction of sp³-hybridized carbons (Fsp3) is 0.222. The summed E-state index contributed by atoms with van der Waals surface area (Å²) >= 11 is 0.